The zero-order valence-corrected chi connectivity index (χ0v) is 24.3. The molecule has 1 atom stereocenters. The van der Waals surface area contributed by atoms with Gasteiger partial charge in [0.2, 0.25) is 18.2 Å². The van der Waals surface area contributed by atoms with E-state index in [0.29, 0.717) is 29.9 Å². The first-order valence-corrected chi connectivity index (χ1v) is 14.4. The lowest BCUT2D eigenvalue weighted by molar-refractivity contribution is -0.152. The lowest BCUT2D eigenvalue weighted by atomic mass is 10.0. The van der Waals surface area contributed by atoms with Crippen LogP contribution in [-0.4, -0.2) is 68.0 Å². The van der Waals surface area contributed by atoms with Gasteiger partial charge >= 0.3 is 0 Å². The van der Waals surface area contributed by atoms with Crippen molar-refractivity contribution in [1.29, 1.82) is 5.41 Å². The van der Waals surface area contributed by atoms with Crippen molar-refractivity contribution in [2.75, 3.05) is 26.8 Å². The molecule has 1 aromatic heterocycles. The summed E-state index contributed by atoms with van der Waals surface area (Å²) in [5.74, 6) is -4.73. The molecule has 10 nitrogen and oxygen atoms in total. The van der Waals surface area contributed by atoms with E-state index in [0.717, 1.165) is 10.4 Å². The predicted octanol–water partition coefficient (Wildman–Crippen LogP) is 2.75. The highest BCUT2D eigenvalue weighted by atomic mass is 32.1. The van der Waals surface area contributed by atoms with E-state index < -0.39 is 17.8 Å². The summed E-state index contributed by atoms with van der Waals surface area (Å²) in [5.41, 5.74) is 10.8. The van der Waals surface area contributed by atoms with Crippen molar-refractivity contribution >= 4 is 35.8 Å². The first-order valence-electron chi connectivity index (χ1n) is 13.5. The Bertz CT molecular complexity index is 1490. The third-order valence-corrected chi connectivity index (χ3v) is 8.29. The van der Waals surface area contributed by atoms with Crippen molar-refractivity contribution in [1.82, 2.24) is 10.2 Å². The van der Waals surface area contributed by atoms with Crippen LogP contribution in [0, 0.1) is 5.41 Å². The van der Waals surface area contributed by atoms with Crippen LogP contribution in [0.4, 0.5) is 8.78 Å². The molecule has 2 aromatic carbocycles. The summed E-state index contributed by atoms with van der Waals surface area (Å²) in [5, 5.41) is 12.1. The molecule has 228 valence electrons. The quantitative estimate of drug-likeness (QED) is 0.247. The highest BCUT2D eigenvalue weighted by Crippen LogP contribution is 2.51. The number of hydrogen-bond donors (Lipinski definition) is 4. The Balaban J connectivity index is 0.000000798. The largest absolute Gasteiger partial charge is 0.372 e. The third kappa shape index (κ3) is 6.49. The number of primary amides is 1. The number of carbonyl (C=O) groups is 3. The Morgan fingerprint density at radius 1 is 1.12 bits per heavy atom. The summed E-state index contributed by atoms with van der Waals surface area (Å²) >= 11 is 1.44. The number of halogens is 2. The van der Waals surface area contributed by atoms with Crippen LogP contribution in [0.5, 0.6) is 0 Å². The number of benzene rings is 2. The van der Waals surface area contributed by atoms with Gasteiger partial charge in [0.25, 0.3) is 5.92 Å². The second-order valence-electron chi connectivity index (χ2n) is 9.87. The maximum Gasteiger partial charge on any atom is 0.299 e. The number of nitrogens with zero attached hydrogens (tertiary/aromatic N) is 1. The zero-order valence-electron chi connectivity index (χ0n) is 23.5. The average molecular weight is 614 g/mol. The summed E-state index contributed by atoms with van der Waals surface area (Å²) in [6, 6.07) is 12.0. The molecule has 0 radical (unpaired) electrons. The van der Waals surface area contributed by atoms with Crippen molar-refractivity contribution in [3.05, 3.63) is 81.0 Å². The number of amides is 3. The fourth-order valence-corrected chi connectivity index (χ4v) is 6.29. The molecule has 6 N–H and O–H groups in total. The number of alkyl halides is 2. The number of thiophene rings is 1. The summed E-state index contributed by atoms with van der Waals surface area (Å²) in [4.78, 5) is 37.7. The highest BCUT2D eigenvalue weighted by Gasteiger charge is 2.52. The van der Waals surface area contributed by atoms with Gasteiger partial charge in [-0.3, -0.25) is 14.4 Å². The smallest absolute Gasteiger partial charge is 0.299 e. The lowest BCUT2D eigenvalue weighted by Crippen LogP contribution is -2.46. The topological polar surface area (TPSA) is 161 Å². The number of fused-ring (bicyclic) bond motifs is 3. The summed E-state index contributed by atoms with van der Waals surface area (Å²) in [6.07, 6.45) is 1.66. The molecule has 6 rings (SSSR count). The second kappa shape index (κ2) is 13.5. The van der Waals surface area contributed by atoms with Gasteiger partial charge in [0.1, 0.15) is 6.04 Å². The maximum absolute atomic E-state index is 14.9. The zero-order chi connectivity index (χ0) is 31.2. The Kier molecular flexibility index (Phi) is 10.0. The van der Waals surface area contributed by atoms with E-state index in [-0.39, 0.29) is 55.3 Å². The average Bonchev–Trinajstić information content (AvgIpc) is 3.80. The molecule has 3 amide bonds. The SMILES string of the molecule is CN.N=Cc1csc(CNC(=O)C2CC3(CN2C(=O)Cc2ccc4c(c2)-c2ccccc2C4(F)F)OCCO3)c1.NC=O. The van der Waals surface area contributed by atoms with E-state index in [2.05, 4.69) is 16.8 Å². The van der Waals surface area contributed by atoms with Crippen LogP contribution in [0.1, 0.15) is 33.6 Å². The van der Waals surface area contributed by atoms with E-state index in [1.165, 1.54) is 41.6 Å². The van der Waals surface area contributed by atoms with E-state index >= 15 is 0 Å². The fraction of sp³-hybridized carbons (Fsp3) is 0.333. The van der Waals surface area contributed by atoms with Crippen molar-refractivity contribution in [3.8, 4) is 11.1 Å². The van der Waals surface area contributed by atoms with Crippen molar-refractivity contribution in [2.45, 2.75) is 37.1 Å². The molecule has 3 aromatic rings. The Hall–Kier alpha value is -4.04. The van der Waals surface area contributed by atoms with E-state index in [1.54, 1.807) is 30.3 Å². The van der Waals surface area contributed by atoms with Crippen LogP contribution in [-0.2, 0) is 42.7 Å². The molecular weight excluding hydrogens is 580 g/mol. The Morgan fingerprint density at radius 3 is 2.47 bits per heavy atom. The molecule has 0 bridgehead atoms. The lowest BCUT2D eigenvalue weighted by Gasteiger charge is -2.24. The first-order chi connectivity index (χ1) is 20.7. The van der Waals surface area contributed by atoms with Gasteiger partial charge < -0.3 is 36.6 Å². The third-order valence-electron chi connectivity index (χ3n) is 7.34. The molecule has 1 spiro atoms. The van der Waals surface area contributed by atoms with Crippen molar-refractivity contribution in [3.63, 3.8) is 0 Å². The molecule has 2 aliphatic heterocycles. The molecule has 1 aliphatic carbocycles. The Morgan fingerprint density at radius 2 is 1.79 bits per heavy atom. The monoisotopic (exact) mass is 613 g/mol. The van der Waals surface area contributed by atoms with Crippen LogP contribution < -0.4 is 16.8 Å². The van der Waals surface area contributed by atoms with Crippen LogP contribution in [0.3, 0.4) is 0 Å². The number of nitrogens with two attached hydrogens (primary N) is 2. The molecule has 3 heterocycles. The standard InChI is InChI=1S/C28H25F2N3O4S.CH3NO.CH5N/c29-28(30)22-4-2-1-3-20(22)21-10-17(5-6-23(21)28)11-25(34)33-16-27(36-7-8-37-27)12-24(33)26(35)32-14-19-9-18(13-31)15-38-19;2-1-3;1-2/h1-6,9-10,13,15,24,31H,7-8,11-12,14,16H2,(H,32,35);1H,(H2,2,3);2H2,1H3. The van der Waals surface area contributed by atoms with E-state index in [9.17, 15) is 18.4 Å². The molecule has 13 heteroatoms. The summed E-state index contributed by atoms with van der Waals surface area (Å²) in [6.45, 7) is 1.17. The second-order valence-corrected chi connectivity index (χ2v) is 10.9. The van der Waals surface area contributed by atoms with Gasteiger partial charge in [-0.05, 0) is 35.2 Å². The summed E-state index contributed by atoms with van der Waals surface area (Å²) < 4.78 is 41.5. The summed E-state index contributed by atoms with van der Waals surface area (Å²) in [7, 11) is 1.50. The minimum Gasteiger partial charge on any atom is -0.372 e. The predicted molar refractivity (Wildman–Crippen MR) is 158 cm³/mol. The van der Waals surface area contributed by atoms with Crippen LogP contribution in [0.2, 0.25) is 0 Å². The number of nitrogens with one attached hydrogen (secondary N) is 2. The molecule has 1 unspecified atom stereocenters. The number of ether oxygens (including phenoxy) is 2. The van der Waals surface area contributed by atoms with Crippen LogP contribution in [0.15, 0.2) is 53.9 Å². The number of likely N-dealkylation sites (tertiary alicyclic amines) is 1. The van der Waals surface area contributed by atoms with Gasteiger partial charge in [-0.1, -0.05) is 42.5 Å². The fourth-order valence-electron chi connectivity index (χ4n) is 5.51. The van der Waals surface area contributed by atoms with Gasteiger partial charge in [-0.15, -0.1) is 11.3 Å². The van der Waals surface area contributed by atoms with E-state index in [4.69, 9.17) is 19.7 Å². The number of rotatable bonds is 6. The van der Waals surface area contributed by atoms with E-state index in [1.807, 2.05) is 11.4 Å². The minimum atomic E-state index is -3.09. The van der Waals surface area contributed by atoms with Gasteiger partial charge in [-0.25, -0.2) is 0 Å². The normalized spacial score (nSPS) is 18.4. The molecule has 2 fully saturated rings. The maximum atomic E-state index is 14.9. The Labute approximate surface area is 251 Å². The molecule has 2 saturated heterocycles. The molecule has 3 aliphatic rings. The van der Waals surface area contributed by atoms with Gasteiger partial charge in [0, 0.05) is 34.2 Å². The number of hydrogen-bond acceptors (Lipinski definition) is 8. The molecule has 43 heavy (non-hydrogen) atoms. The van der Waals surface area contributed by atoms with Gasteiger partial charge in [0.15, 0.2) is 5.79 Å². The van der Waals surface area contributed by atoms with Crippen molar-refractivity contribution in [2.24, 2.45) is 11.5 Å². The van der Waals surface area contributed by atoms with Crippen molar-refractivity contribution < 1.29 is 32.6 Å². The minimum absolute atomic E-state index is 0.0364. The first kappa shape index (κ1) is 31.9. The number of carbonyl (C=O) groups excluding carboxylic acids is 3. The molecule has 0 saturated carbocycles. The highest BCUT2D eigenvalue weighted by molar-refractivity contribution is 7.10. The van der Waals surface area contributed by atoms with Crippen LogP contribution in [0.25, 0.3) is 11.1 Å². The van der Waals surface area contributed by atoms with Gasteiger partial charge in [0.05, 0.1) is 32.7 Å². The molecular formula is C30H33F2N5O5S. The van der Waals surface area contributed by atoms with Gasteiger partial charge in [-0.2, -0.15) is 8.78 Å². The van der Waals surface area contributed by atoms with Crippen LogP contribution >= 0.6 is 11.3 Å².